The Morgan fingerprint density at radius 3 is 2.20 bits per heavy atom. The highest BCUT2D eigenvalue weighted by atomic mass is 16.4. The monoisotopic (exact) mass is 144 g/mol. The summed E-state index contributed by atoms with van der Waals surface area (Å²) >= 11 is 0. The third-order valence-electron chi connectivity index (χ3n) is 0.671. The summed E-state index contributed by atoms with van der Waals surface area (Å²) in [7, 11) is 0. The summed E-state index contributed by atoms with van der Waals surface area (Å²) in [6, 6.07) is 0. The van der Waals surface area contributed by atoms with Crippen molar-refractivity contribution in [1.29, 1.82) is 0 Å². The van der Waals surface area contributed by atoms with E-state index in [-0.39, 0.29) is 5.57 Å². The quantitative estimate of drug-likeness (QED) is 0.354. The van der Waals surface area contributed by atoms with E-state index < -0.39 is 12.0 Å². The van der Waals surface area contributed by atoms with E-state index in [0.717, 1.165) is 0 Å². The molecular formula is C5H8N2O3. The van der Waals surface area contributed by atoms with Gasteiger partial charge in [0.25, 0.3) is 5.91 Å². The molecule has 56 valence electrons. The minimum atomic E-state index is -1.31. The van der Waals surface area contributed by atoms with Crippen LogP contribution in [0, 0.1) is 0 Å². The second-order valence-corrected chi connectivity index (χ2v) is 1.66. The molecule has 0 unspecified atom stereocenters. The highest BCUT2D eigenvalue weighted by Crippen LogP contribution is 1.82. The molecule has 0 radical (unpaired) electrons. The van der Waals surface area contributed by atoms with Crippen molar-refractivity contribution in [2.75, 3.05) is 0 Å². The molecule has 0 saturated heterocycles. The summed E-state index contributed by atoms with van der Waals surface area (Å²) < 4.78 is 0. The Morgan fingerprint density at radius 1 is 1.40 bits per heavy atom. The number of amides is 2. The van der Waals surface area contributed by atoms with Crippen molar-refractivity contribution in [3.8, 4) is 0 Å². The number of hydrogen-bond acceptors (Lipinski definition) is 2. The van der Waals surface area contributed by atoms with E-state index >= 15 is 0 Å². The number of rotatable bonds is 1. The maximum atomic E-state index is 10.5. The van der Waals surface area contributed by atoms with Crippen molar-refractivity contribution in [2.24, 2.45) is 0 Å². The molecule has 0 aromatic rings. The van der Waals surface area contributed by atoms with Gasteiger partial charge in [-0.3, -0.25) is 10.2 Å². The largest absolute Gasteiger partial charge is 0.464 e. The van der Waals surface area contributed by atoms with Crippen LogP contribution >= 0.6 is 0 Å². The molecule has 5 nitrogen and oxygen atoms in total. The summed E-state index contributed by atoms with van der Waals surface area (Å²) in [6.07, 6.45) is -1.31. The van der Waals surface area contributed by atoms with Gasteiger partial charge in [0.2, 0.25) is 0 Å². The average Bonchev–Trinajstić information content (AvgIpc) is 1.82. The van der Waals surface area contributed by atoms with Crippen LogP contribution in [-0.4, -0.2) is 17.1 Å². The van der Waals surface area contributed by atoms with Crippen LogP contribution in [0.2, 0.25) is 0 Å². The molecule has 0 aliphatic heterocycles. The fourth-order valence-corrected chi connectivity index (χ4v) is 0.217. The molecule has 2 amide bonds. The second kappa shape index (κ2) is 3.49. The average molecular weight is 144 g/mol. The van der Waals surface area contributed by atoms with E-state index in [0.29, 0.717) is 0 Å². The third-order valence-corrected chi connectivity index (χ3v) is 0.671. The predicted octanol–water partition coefficient (Wildman–Crippen LogP) is -0.139. The lowest BCUT2D eigenvalue weighted by molar-refractivity contribution is -0.118. The van der Waals surface area contributed by atoms with Gasteiger partial charge in [0, 0.05) is 5.57 Å². The molecule has 0 fully saturated rings. The summed E-state index contributed by atoms with van der Waals surface area (Å²) in [4.78, 5) is 20.3. The number of nitrogens with one attached hydrogen (secondary N) is 2. The maximum absolute atomic E-state index is 10.5. The molecule has 5 heteroatoms. The van der Waals surface area contributed by atoms with Crippen LogP contribution in [0.5, 0.6) is 0 Å². The molecule has 0 rings (SSSR count). The summed E-state index contributed by atoms with van der Waals surface area (Å²) in [5, 5.41) is 7.99. The molecule has 0 aliphatic rings. The minimum Gasteiger partial charge on any atom is -0.464 e. The molecule has 3 N–H and O–H groups in total. The van der Waals surface area contributed by atoms with Crippen molar-refractivity contribution < 1.29 is 14.7 Å². The topological polar surface area (TPSA) is 78.4 Å². The molecule has 0 aromatic heterocycles. The molecule has 0 aromatic carbocycles. The zero-order valence-electron chi connectivity index (χ0n) is 5.47. The standard InChI is InChI=1S/C5H8N2O3/c1-3(2)4(8)6-7-5(9)10/h7H,1H2,2H3,(H,6,8)(H,9,10). The van der Waals surface area contributed by atoms with Crippen molar-refractivity contribution >= 4 is 12.0 Å². The smallest absolute Gasteiger partial charge is 0.423 e. The van der Waals surface area contributed by atoms with Crippen LogP contribution in [0.1, 0.15) is 6.92 Å². The van der Waals surface area contributed by atoms with Crippen LogP contribution in [0.25, 0.3) is 0 Å². The fourth-order valence-electron chi connectivity index (χ4n) is 0.217. The molecule has 0 saturated carbocycles. The normalized spacial score (nSPS) is 8.10. The zero-order chi connectivity index (χ0) is 8.15. The van der Waals surface area contributed by atoms with Crippen LogP contribution in [0.15, 0.2) is 12.2 Å². The van der Waals surface area contributed by atoms with Crippen molar-refractivity contribution in [3.63, 3.8) is 0 Å². The lowest BCUT2D eigenvalue weighted by atomic mass is 10.3. The second-order valence-electron chi connectivity index (χ2n) is 1.66. The number of carbonyl (C=O) groups excluding carboxylic acids is 1. The molecule has 0 spiro atoms. The molecule has 0 bridgehead atoms. The third kappa shape index (κ3) is 3.48. The van der Waals surface area contributed by atoms with Crippen molar-refractivity contribution in [2.45, 2.75) is 6.92 Å². The Kier molecular flexibility index (Phi) is 2.96. The number of carbonyl (C=O) groups is 2. The first-order valence-corrected chi connectivity index (χ1v) is 2.49. The van der Waals surface area contributed by atoms with Crippen LogP contribution in [-0.2, 0) is 4.79 Å². The van der Waals surface area contributed by atoms with E-state index in [1.807, 2.05) is 5.43 Å². The lowest BCUT2D eigenvalue weighted by Gasteiger charge is -2.01. The Hall–Kier alpha value is -1.52. The van der Waals surface area contributed by atoms with E-state index in [1.165, 1.54) is 6.92 Å². The summed E-state index contributed by atoms with van der Waals surface area (Å²) in [5.41, 5.74) is 3.82. The van der Waals surface area contributed by atoms with Gasteiger partial charge in [-0.1, -0.05) is 6.58 Å². The highest BCUT2D eigenvalue weighted by Gasteiger charge is 2.00. The minimum absolute atomic E-state index is 0.244. The first kappa shape index (κ1) is 8.48. The van der Waals surface area contributed by atoms with E-state index in [4.69, 9.17) is 5.11 Å². The van der Waals surface area contributed by atoms with Gasteiger partial charge in [0.15, 0.2) is 0 Å². The predicted molar refractivity (Wildman–Crippen MR) is 34.1 cm³/mol. The van der Waals surface area contributed by atoms with Gasteiger partial charge < -0.3 is 5.11 Å². The molecular weight excluding hydrogens is 136 g/mol. The summed E-state index contributed by atoms with van der Waals surface area (Å²) in [5.74, 6) is -0.539. The van der Waals surface area contributed by atoms with Crippen molar-refractivity contribution in [1.82, 2.24) is 10.9 Å². The van der Waals surface area contributed by atoms with E-state index in [1.54, 1.807) is 5.43 Å². The Morgan fingerprint density at radius 2 is 1.90 bits per heavy atom. The molecule has 0 aliphatic carbocycles. The maximum Gasteiger partial charge on any atom is 0.423 e. The van der Waals surface area contributed by atoms with Crippen LogP contribution in [0.3, 0.4) is 0 Å². The Balaban J connectivity index is 3.60. The number of hydrogen-bond donors (Lipinski definition) is 3. The first-order valence-electron chi connectivity index (χ1n) is 2.49. The van der Waals surface area contributed by atoms with Crippen LogP contribution < -0.4 is 10.9 Å². The Labute approximate surface area is 57.7 Å². The van der Waals surface area contributed by atoms with Gasteiger partial charge in [-0.15, -0.1) is 0 Å². The van der Waals surface area contributed by atoms with E-state index in [2.05, 4.69) is 6.58 Å². The van der Waals surface area contributed by atoms with Crippen LogP contribution in [0.4, 0.5) is 4.79 Å². The Bertz CT molecular complexity index is 176. The first-order chi connectivity index (χ1) is 4.54. The van der Waals surface area contributed by atoms with Gasteiger partial charge in [-0.25, -0.2) is 10.2 Å². The van der Waals surface area contributed by atoms with Gasteiger partial charge >= 0.3 is 6.09 Å². The van der Waals surface area contributed by atoms with Gasteiger partial charge in [0.1, 0.15) is 0 Å². The number of carboxylic acid groups (broad SMARTS) is 1. The van der Waals surface area contributed by atoms with Gasteiger partial charge in [-0.2, -0.15) is 0 Å². The highest BCUT2D eigenvalue weighted by molar-refractivity contribution is 5.92. The fraction of sp³-hybridized carbons (Fsp3) is 0.200. The SMILES string of the molecule is C=C(C)C(=O)NNC(=O)O. The van der Waals surface area contributed by atoms with Crippen molar-refractivity contribution in [3.05, 3.63) is 12.2 Å². The lowest BCUT2D eigenvalue weighted by Crippen LogP contribution is -2.40. The van der Waals surface area contributed by atoms with Gasteiger partial charge in [0.05, 0.1) is 0 Å². The zero-order valence-corrected chi connectivity index (χ0v) is 5.47. The summed E-state index contributed by atoms with van der Waals surface area (Å²) in [6.45, 7) is 4.76. The molecule has 10 heavy (non-hydrogen) atoms. The molecule has 0 heterocycles. The number of hydrazine groups is 1. The van der Waals surface area contributed by atoms with E-state index in [9.17, 15) is 9.59 Å². The molecule has 0 atom stereocenters. The van der Waals surface area contributed by atoms with Gasteiger partial charge in [-0.05, 0) is 6.92 Å².